The van der Waals surface area contributed by atoms with Crippen molar-refractivity contribution in [1.29, 1.82) is 0 Å². The average molecular weight is 538 g/mol. The van der Waals surface area contributed by atoms with Crippen LogP contribution >= 0.6 is 35.3 Å². The molecule has 1 aliphatic heterocycles. The number of para-hydroxylation sites is 1. The van der Waals surface area contributed by atoms with Gasteiger partial charge in [-0.1, -0.05) is 18.2 Å². The fourth-order valence-corrected chi connectivity index (χ4v) is 4.93. The number of guanidine groups is 1. The highest BCUT2D eigenvalue weighted by Crippen LogP contribution is 2.25. The molecule has 0 spiro atoms. The number of hydrogen-bond donors (Lipinski definition) is 3. The van der Waals surface area contributed by atoms with Crippen LogP contribution in [0.1, 0.15) is 31.0 Å². The molecular formula is C23H32IN5S. The second-order valence-electron chi connectivity index (χ2n) is 7.64. The maximum absolute atomic E-state index is 4.87. The van der Waals surface area contributed by atoms with Gasteiger partial charge in [0.15, 0.2) is 5.96 Å². The van der Waals surface area contributed by atoms with Crippen molar-refractivity contribution in [2.45, 2.75) is 39.2 Å². The number of halogens is 1. The summed E-state index contributed by atoms with van der Waals surface area (Å²) in [5, 5.41) is 11.9. The summed E-state index contributed by atoms with van der Waals surface area (Å²) in [6.45, 7) is 8.15. The summed E-state index contributed by atoms with van der Waals surface area (Å²) >= 11 is 1.83. The number of aromatic nitrogens is 1. The zero-order valence-corrected chi connectivity index (χ0v) is 20.9. The van der Waals surface area contributed by atoms with Gasteiger partial charge in [-0.2, -0.15) is 0 Å². The fourth-order valence-electron chi connectivity index (χ4n) is 4.14. The maximum atomic E-state index is 4.87. The molecule has 0 bridgehead atoms. The van der Waals surface area contributed by atoms with E-state index in [1.54, 1.807) is 0 Å². The van der Waals surface area contributed by atoms with Gasteiger partial charge in [-0.25, -0.2) is 0 Å². The van der Waals surface area contributed by atoms with E-state index in [-0.39, 0.29) is 24.0 Å². The van der Waals surface area contributed by atoms with E-state index in [1.165, 1.54) is 27.2 Å². The van der Waals surface area contributed by atoms with Crippen LogP contribution in [0.4, 0.5) is 5.00 Å². The molecule has 0 aliphatic carbocycles. The Morgan fingerprint density at radius 2 is 2.00 bits per heavy atom. The normalized spacial score (nSPS) is 15.3. The number of thiophene rings is 1. The Hall–Kier alpha value is -1.74. The van der Waals surface area contributed by atoms with Crippen LogP contribution in [0, 0.1) is 6.92 Å². The summed E-state index contributed by atoms with van der Waals surface area (Å²) in [4.78, 5) is 10.8. The molecule has 1 fully saturated rings. The van der Waals surface area contributed by atoms with E-state index < -0.39 is 0 Å². The topological polar surface area (TPSA) is 55.5 Å². The summed E-state index contributed by atoms with van der Waals surface area (Å²) in [7, 11) is 0. The molecule has 1 saturated heterocycles. The van der Waals surface area contributed by atoms with Crippen molar-refractivity contribution >= 4 is 57.2 Å². The summed E-state index contributed by atoms with van der Waals surface area (Å²) in [5.41, 5.74) is 3.84. The number of fused-ring (bicyclic) bond motifs is 1. The summed E-state index contributed by atoms with van der Waals surface area (Å²) < 4.78 is 0. The van der Waals surface area contributed by atoms with Crippen LogP contribution in [0.15, 0.2) is 46.8 Å². The monoisotopic (exact) mass is 537 g/mol. The fraction of sp³-hybridized carbons (Fsp3) is 0.435. The lowest BCUT2D eigenvalue weighted by molar-refractivity contribution is 0.463. The highest BCUT2D eigenvalue weighted by atomic mass is 127. The summed E-state index contributed by atoms with van der Waals surface area (Å²) in [5.74, 6) is 0.944. The van der Waals surface area contributed by atoms with Gasteiger partial charge in [0.2, 0.25) is 0 Å². The molecule has 1 aliphatic rings. The molecule has 0 saturated carbocycles. The van der Waals surface area contributed by atoms with Gasteiger partial charge < -0.3 is 20.5 Å². The van der Waals surface area contributed by atoms with Crippen molar-refractivity contribution < 1.29 is 0 Å². The number of anilines is 1. The third kappa shape index (κ3) is 5.49. The number of aliphatic imine (C=N–C) groups is 1. The van der Waals surface area contributed by atoms with E-state index in [0.29, 0.717) is 6.04 Å². The minimum absolute atomic E-state index is 0. The van der Waals surface area contributed by atoms with Crippen molar-refractivity contribution in [2.24, 2.45) is 4.99 Å². The molecule has 5 nitrogen and oxygen atoms in total. The lowest BCUT2D eigenvalue weighted by Gasteiger charge is -2.33. The number of nitrogens with zero attached hydrogens (tertiary/aromatic N) is 2. The van der Waals surface area contributed by atoms with Gasteiger partial charge >= 0.3 is 0 Å². The maximum Gasteiger partial charge on any atom is 0.191 e. The van der Waals surface area contributed by atoms with E-state index >= 15 is 0 Å². The molecule has 30 heavy (non-hydrogen) atoms. The van der Waals surface area contributed by atoms with E-state index in [0.717, 1.165) is 51.4 Å². The molecular weight excluding hydrogens is 505 g/mol. The smallest absolute Gasteiger partial charge is 0.191 e. The second kappa shape index (κ2) is 11.0. The van der Waals surface area contributed by atoms with Crippen LogP contribution in [0.5, 0.6) is 0 Å². The van der Waals surface area contributed by atoms with Crippen LogP contribution in [0.25, 0.3) is 10.9 Å². The van der Waals surface area contributed by atoms with E-state index in [4.69, 9.17) is 4.99 Å². The Kier molecular flexibility index (Phi) is 8.44. The van der Waals surface area contributed by atoms with E-state index in [2.05, 4.69) is 76.1 Å². The van der Waals surface area contributed by atoms with Crippen LogP contribution < -0.4 is 15.5 Å². The van der Waals surface area contributed by atoms with Crippen LogP contribution in [0.2, 0.25) is 0 Å². The Bertz CT molecular complexity index is 942. The molecule has 0 radical (unpaired) electrons. The first-order valence-corrected chi connectivity index (χ1v) is 11.5. The zero-order valence-electron chi connectivity index (χ0n) is 17.8. The predicted octanol–water partition coefficient (Wildman–Crippen LogP) is 4.92. The molecule has 3 heterocycles. The minimum Gasteiger partial charge on any atom is -0.363 e. The quantitative estimate of drug-likeness (QED) is 0.238. The van der Waals surface area contributed by atoms with Gasteiger partial charge in [0.1, 0.15) is 0 Å². The highest BCUT2D eigenvalue weighted by molar-refractivity contribution is 14.0. The van der Waals surface area contributed by atoms with Crippen LogP contribution in [-0.4, -0.2) is 43.2 Å². The molecule has 162 valence electrons. The SMILES string of the molecule is CCNC(=NCCc1c(C)[nH]c2ccccc12)NC1CCN(c2cccs2)CC1.I. The van der Waals surface area contributed by atoms with Crippen LogP contribution in [-0.2, 0) is 6.42 Å². The molecule has 0 atom stereocenters. The number of aryl methyl sites for hydroxylation is 1. The van der Waals surface area contributed by atoms with Gasteiger partial charge in [-0.05, 0) is 62.3 Å². The first-order valence-electron chi connectivity index (χ1n) is 10.6. The van der Waals surface area contributed by atoms with E-state index in [1.807, 2.05) is 11.3 Å². The third-order valence-corrected chi connectivity index (χ3v) is 6.59. The van der Waals surface area contributed by atoms with Gasteiger partial charge in [0, 0.05) is 48.8 Å². The van der Waals surface area contributed by atoms with Gasteiger partial charge in [-0.3, -0.25) is 4.99 Å². The Balaban J connectivity index is 0.00000256. The number of hydrogen-bond acceptors (Lipinski definition) is 3. The third-order valence-electron chi connectivity index (χ3n) is 5.66. The predicted molar refractivity (Wildman–Crippen MR) is 141 cm³/mol. The largest absolute Gasteiger partial charge is 0.363 e. The number of benzene rings is 1. The number of H-pyrrole nitrogens is 1. The molecule has 1 aromatic carbocycles. The average Bonchev–Trinajstić information content (AvgIpc) is 3.37. The lowest BCUT2D eigenvalue weighted by Crippen LogP contribution is -2.48. The molecule has 3 N–H and O–H groups in total. The van der Waals surface area contributed by atoms with Crippen molar-refractivity contribution in [2.75, 3.05) is 31.1 Å². The van der Waals surface area contributed by atoms with Gasteiger partial charge in [0.25, 0.3) is 0 Å². The first kappa shape index (κ1) is 22.9. The number of nitrogens with one attached hydrogen (secondary N) is 3. The second-order valence-corrected chi connectivity index (χ2v) is 8.57. The Morgan fingerprint density at radius 1 is 1.20 bits per heavy atom. The number of piperidine rings is 1. The van der Waals surface area contributed by atoms with Crippen LogP contribution in [0.3, 0.4) is 0 Å². The summed E-state index contributed by atoms with van der Waals surface area (Å²) in [6.07, 6.45) is 3.23. The van der Waals surface area contributed by atoms with E-state index in [9.17, 15) is 0 Å². The molecule has 4 rings (SSSR count). The minimum atomic E-state index is 0. The molecule has 0 unspecified atom stereocenters. The highest BCUT2D eigenvalue weighted by Gasteiger charge is 2.20. The molecule has 3 aromatic rings. The van der Waals surface area contributed by atoms with Crippen molar-refractivity contribution in [3.63, 3.8) is 0 Å². The Morgan fingerprint density at radius 3 is 2.73 bits per heavy atom. The van der Waals surface area contributed by atoms with Crippen molar-refractivity contribution in [1.82, 2.24) is 15.6 Å². The Labute approximate surface area is 200 Å². The lowest BCUT2D eigenvalue weighted by atomic mass is 10.1. The van der Waals surface area contributed by atoms with Crippen molar-refractivity contribution in [3.05, 3.63) is 53.0 Å². The van der Waals surface area contributed by atoms with Gasteiger partial charge in [0.05, 0.1) is 5.00 Å². The molecule has 2 aromatic heterocycles. The molecule has 0 amide bonds. The number of rotatable bonds is 6. The summed E-state index contributed by atoms with van der Waals surface area (Å²) in [6, 6.07) is 13.4. The standard InChI is InChI=1S/C23H31N5S.HI/c1-3-24-23(27-18-11-14-28(15-12-18)22-9-6-16-29-22)25-13-10-19-17(2)26-21-8-5-4-7-20(19)21;/h4-9,16,18,26H,3,10-15H2,1-2H3,(H2,24,25,27);1H. The van der Waals surface area contributed by atoms with Gasteiger partial charge in [-0.15, -0.1) is 35.3 Å². The zero-order chi connectivity index (χ0) is 20.1. The first-order chi connectivity index (χ1) is 14.2. The number of aromatic amines is 1. The van der Waals surface area contributed by atoms with Crippen molar-refractivity contribution in [3.8, 4) is 0 Å². The molecule has 7 heteroatoms.